The molecule has 28 heavy (non-hydrogen) atoms. The molecule has 6 heteroatoms. The molecule has 0 N–H and O–H groups in total. The van der Waals surface area contributed by atoms with E-state index in [-0.39, 0.29) is 11.5 Å². The molecule has 0 aliphatic rings. The summed E-state index contributed by atoms with van der Waals surface area (Å²) in [5, 5.41) is 0. The van der Waals surface area contributed by atoms with Gasteiger partial charge in [0.2, 0.25) is 0 Å². The highest BCUT2D eigenvalue weighted by Crippen LogP contribution is 2.27. The Balaban J connectivity index is 2.58. The molecule has 0 aliphatic heterocycles. The van der Waals surface area contributed by atoms with Gasteiger partial charge in [0, 0.05) is 19.9 Å². The summed E-state index contributed by atoms with van der Waals surface area (Å²) in [6, 6.07) is 14.4. The first kappa shape index (κ1) is 20.8. The van der Waals surface area contributed by atoms with Crippen molar-refractivity contribution in [2.75, 3.05) is 14.2 Å². The topological polar surface area (TPSA) is 71.1 Å². The standard InChI is InChI=1S/C22H22O6/c1-15(23)27-21(12-17-8-6-5-7-9-17)22(28-16(2)24)13-18-10-19(25-3)14-20(11-18)26-4/h5-14H,1-4H3/b21-12+,22-13-. The Hall–Kier alpha value is -3.54. The number of ether oxygens (including phenoxy) is 4. The van der Waals surface area contributed by atoms with Crippen molar-refractivity contribution in [1.82, 2.24) is 0 Å². The maximum Gasteiger partial charge on any atom is 0.308 e. The third kappa shape index (κ3) is 6.32. The minimum atomic E-state index is -0.549. The lowest BCUT2D eigenvalue weighted by atomic mass is 10.1. The smallest absolute Gasteiger partial charge is 0.308 e. The first-order valence-electron chi connectivity index (χ1n) is 8.50. The van der Waals surface area contributed by atoms with Crippen LogP contribution in [0.2, 0.25) is 0 Å². The van der Waals surface area contributed by atoms with Crippen molar-refractivity contribution in [2.45, 2.75) is 13.8 Å². The lowest BCUT2D eigenvalue weighted by molar-refractivity contribution is -0.141. The van der Waals surface area contributed by atoms with Gasteiger partial charge in [0.25, 0.3) is 0 Å². The zero-order valence-corrected chi connectivity index (χ0v) is 16.2. The van der Waals surface area contributed by atoms with E-state index < -0.39 is 11.9 Å². The van der Waals surface area contributed by atoms with Gasteiger partial charge in [0.05, 0.1) is 14.2 Å². The molecular formula is C22H22O6. The van der Waals surface area contributed by atoms with Crippen molar-refractivity contribution in [3.05, 3.63) is 71.2 Å². The Morgan fingerprint density at radius 3 is 1.61 bits per heavy atom. The van der Waals surface area contributed by atoms with Crippen molar-refractivity contribution in [3.63, 3.8) is 0 Å². The van der Waals surface area contributed by atoms with Gasteiger partial charge in [-0.3, -0.25) is 9.59 Å². The first-order valence-corrected chi connectivity index (χ1v) is 8.50. The maximum atomic E-state index is 11.7. The van der Waals surface area contributed by atoms with Crippen LogP contribution in [0.25, 0.3) is 12.2 Å². The highest BCUT2D eigenvalue weighted by molar-refractivity contribution is 5.75. The fraction of sp³-hybridized carbons (Fsp3) is 0.182. The second-order valence-electron chi connectivity index (χ2n) is 5.76. The third-order valence-electron chi connectivity index (χ3n) is 3.52. The van der Waals surface area contributed by atoms with Crippen LogP contribution in [0.15, 0.2) is 60.0 Å². The fourth-order valence-electron chi connectivity index (χ4n) is 2.38. The fourth-order valence-corrected chi connectivity index (χ4v) is 2.38. The number of hydrogen-bond donors (Lipinski definition) is 0. The molecule has 6 nitrogen and oxygen atoms in total. The van der Waals surface area contributed by atoms with Crippen LogP contribution in [-0.4, -0.2) is 26.2 Å². The number of carbonyl (C=O) groups excluding carboxylic acids is 2. The molecule has 0 bridgehead atoms. The Kier molecular flexibility index (Phi) is 7.39. The minimum absolute atomic E-state index is 0.0851. The van der Waals surface area contributed by atoms with E-state index in [1.807, 2.05) is 30.3 Å². The molecule has 2 aromatic rings. The Morgan fingerprint density at radius 2 is 1.18 bits per heavy atom. The van der Waals surface area contributed by atoms with Gasteiger partial charge in [-0.25, -0.2) is 0 Å². The van der Waals surface area contributed by atoms with Crippen LogP contribution in [0.4, 0.5) is 0 Å². The normalized spacial score (nSPS) is 11.6. The zero-order chi connectivity index (χ0) is 20.5. The van der Waals surface area contributed by atoms with Gasteiger partial charge >= 0.3 is 11.9 Å². The van der Waals surface area contributed by atoms with Gasteiger partial charge in [-0.15, -0.1) is 0 Å². The molecule has 0 aromatic heterocycles. The molecule has 0 fully saturated rings. The number of rotatable bonds is 7. The molecule has 0 radical (unpaired) electrons. The van der Waals surface area contributed by atoms with E-state index in [0.717, 1.165) is 5.56 Å². The predicted octanol–water partition coefficient (Wildman–Crippen LogP) is 4.21. The van der Waals surface area contributed by atoms with E-state index in [4.69, 9.17) is 18.9 Å². The number of methoxy groups -OCH3 is 2. The summed E-state index contributed by atoms with van der Waals surface area (Å²) in [7, 11) is 3.07. The summed E-state index contributed by atoms with van der Waals surface area (Å²) in [5.74, 6) is 0.232. The highest BCUT2D eigenvalue weighted by Gasteiger charge is 2.15. The molecular weight excluding hydrogens is 360 g/mol. The molecule has 0 aliphatic carbocycles. The summed E-state index contributed by atoms with van der Waals surface area (Å²) >= 11 is 0. The Morgan fingerprint density at radius 1 is 0.714 bits per heavy atom. The van der Waals surface area contributed by atoms with Crippen molar-refractivity contribution in [1.29, 1.82) is 0 Å². The molecule has 0 unspecified atom stereocenters. The van der Waals surface area contributed by atoms with Crippen molar-refractivity contribution < 1.29 is 28.5 Å². The molecule has 2 rings (SSSR count). The Labute approximate surface area is 164 Å². The van der Waals surface area contributed by atoms with Gasteiger partial charge < -0.3 is 18.9 Å². The van der Waals surface area contributed by atoms with E-state index in [0.29, 0.717) is 17.1 Å². The molecule has 0 saturated heterocycles. The average molecular weight is 382 g/mol. The zero-order valence-electron chi connectivity index (χ0n) is 16.2. The second kappa shape index (κ2) is 9.97. The molecule has 146 valence electrons. The molecule has 0 atom stereocenters. The minimum Gasteiger partial charge on any atom is -0.497 e. The molecule has 0 saturated carbocycles. The van der Waals surface area contributed by atoms with Gasteiger partial charge in [-0.1, -0.05) is 30.3 Å². The monoisotopic (exact) mass is 382 g/mol. The second-order valence-corrected chi connectivity index (χ2v) is 5.76. The van der Waals surface area contributed by atoms with Crippen molar-refractivity contribution >= 4 is 24.1 Å². The number of hydrogen-bond acceptors (Lipinski definition) is 6. The average Bonchev–Trinajstić information content (AvgIpc) is 2.66. The molecule has 0 heterocycles. The van der Waals surface area contributed by atoms with Crippen LogP contribution in [-0.2, 0) is 19.1 Å². The van der Waals surface area contributed by atoms with Crippen LogP contribution < -0.4 is 9.47 Å². The Bertz CT molecular complexity index is 874. The van der Waals surface area contributed by atoms with Crippen LogP contribution in [0, 0.1) is 0 Å². The summed E-state index contributed by atoms with van der Waals surface area (Å²) < 4.78 is 21.2. The molecule has 0 amide bonds. The van der Waals surface area contributed by atoms with Crippen LogP contribution in [0.3, 0.4) is 0 Å². The SMILES string of the molecule is COc1cc(/C=C(OC(C)=O)/C(=C\c2ccccc2)OC(C)=O)cc(OC)c1. The van der Waals surface area contributed by atoms with E-state index in [9.17, 15) is 9.59 Å². The number of benzene rings is 2. The van der Waals surface area contributed by atoms with E-state index >= 15 is 0 Å². The van der Waals surface area contributed by atoms with Crippen molar-refractivity contribution in [3.8, 4) is 11.5 Å². The lowest BCUT2D eigenvalue weighted by Crippen LogP contribution is -2.07. The summed E-state index contributed by atoms with van der Waals surface area (Å²) in [6.45, 7) is 2.55. The molecule has 0 spiro atoms. The summed E-state index contributed by atoms with van der Waals surface area (Å²) in [4.78, 5) is 23.3. The molecule has 2 aromatic carbocycles. The largest absolute Gasteiger partial charge is 0.497 e. The predicted molar refractivity (Wildman–Crippen MR) is 105 cm³/mol. The van der Waals surface area contributed by atoms with E-state index in [1.165, 1.54) is 28.1 Å². The van der Waals surface area contributed by atoms with E-state index in [1.54, 1.807) is 30.4 Å². The summed E-state index contributed by atoms with van der Waals surface area (Å²) in [6.07, 6.45) is 3.19. The third-order valence-corrected chi connectivity index (χ3v) is 3.52. The van der Waals surface area contributed by atoms with E-state index in [2.05, 4.69) is 0 Å². The number of esters is 2. The number of carbonyl (C=O) groups is 2. The van der Waals surface area contributed by atoms with Gasteiger partial charge in [-0.2, -0.15) is 0 Å². The van der Waals surface area contributed by atoms with Crippen LogP contribution >= 0.6 is 0 Å². The quantitative estimate of drug-likeness (QED) is 0.406. The van der Waals surface area contributed by atoms with Gasteiger partial charge in [0.1, 0.15) is 11.5 Å². The summed E-state index contributed by atoms with van der Waals surface area (Å²) in [5.41, 5.74) is 1.42. The van der Waals surface area contributed by atoms with Gasteiger partial charge in [-0.05, 0) is 35.4 Å². The van der Waals surface area contributed by atoms with Crippen LogP contribution in [0.5, 0.6) is 11.5 Å². The maximum absolute atomic E-state index is 11.7. The van der Waals surface area contributed by atoms with Crippen LogP contribution in [0.1, 0.15) is 25.0 Å². The highest BCUT2D eigenvalue weighted by atomic mass is 16.6. The van der Waals surface area contributed by atoms with Crippen molar-refractivity contribution in [2.24, 2.45) is 0 Å². The van der Waals surface area contributed by atoms with Gasteiger partial charge in [0.15, 0.2) is 11.5 Å². The lowest BCUT2D eigenvalue weighted by Gasteiger charge is -2.12. The first-order chi connectivity index (χ1) is 13.4.